The van der Waals surface area contributed by atoms with E-state index in [1.807, 2.05) is 48.5 Å². The van der Waals surface area contributed by atoms with Crippen molar-refractivity contribution >= 4 is 21.9 Å². The number of aromatic hydroxyl groups is 1. The number of rotatable bonds is 6. The lowest BCUT2D eigenvalue weighted by Crippen LogP contribution is -1.96. The number of hydrogen-bond acceptors (Lipinski definition) is 6. The molecule has 7 aromatic rings. The molecule has 0 amide bonds. The molecule has 40 heavy (non-hydrogen) atoms. The van der Waals surface area contributed by atoms with E-state index >= 15 is 0 Å². The van der Waals surface area contributed by atoms with Crippen LogP contribution < -0.4 is 4.74 Å². The fourth-order valence-corrected chi connectivity index (χ4v) is 4.80. The molecule has 5 aromatic heterocycles. The predicted octanol–water partition coefficient (Wildman–Crippen LogP) is 6.65. The summed E-state index contributed by atoms with van der Waals surface area (Å²) in [7, 11) is 0. The third-order valence-electron chi connectivity index (χ3n) is 6.71. The highest BCUT2D eigenvalue weighted by Crippen LogP contribution is 2.35. The standard InChI is InChI=1S/C31H21FN6O2/c32-22-6-19(7-23(39)10-22)27-15-34-16-29-25(27)11-28(36-29)30-26-9-21(13-35-31(26)38-37-30)20-8-24(14-33-12-20)40-17-18-4-2-1-3-5-18/h1-16,36,39H,17H2,(H,35,37,38). The van der Waals surface area contributed by atoms with E-state index in [9.17, 15) is 9.50 Å². The minimum absolute atomic E-state index is 0.149. The van der Waals surface area contributed by atoms with Crippen molar-refractivity contribution in [1.82, 2.24) is 30.1 Å². The number of aromatic amines is 2. The van der Waals surface area contributed by atoms with Crippen molar-refractivity contribution in [3.8, 4) is 45.1 Å². The van der Waals surface area contributed by atoms with Gasteiger partial charge in [-0.3, -0.25) is 15.1 Å². The van der Waals surface area contributed by atoms with Crippen molar-refractivity contribution in [3.63, 3.8) is 0 Å². The number of hydrogen-bond donors (Lipinski definition) is 3. The fraction of sp³-hybridized carbons (Fsp3) is 0.0323. The normalized spacial score (nSPS) is 11.3. The summed E-state index contributed by atoms with van der Waals surface area (Å²) >= 11 is 0. The van der Waals surface area contributed by atoms with Gasteiger partial charge in [0, 0.05) is 52.1 Å². The smallest absolute Gasteiger partial charge is 0.155 e. The van der Waals surface area contributed by atoms with Gasteiger partial charge in [-0.25, -0.2) is 9.37 Å². The first kappa shape index (κ1) is 23.5. The maximum Gasteiger partial charge on any atom is 0.155 e. The van der Waals surface area contributed by atoms with Crippen LogP contribution in [-0.2, 0) is 6.61 Å². The van der Waals surface area contributed by atoms with Crippen LogP contribution in [0.15, 0.2) is 97.7 Å². The lowest BCUT2D eigenvalue weighted by Gasteiger charge is -2.08. The quantitative estimate of drug-likeness (QED) is 0.223. The molecule has 0 unspecified atom stereocenters. The summed E-state index contributed by atoms with van der Waals surface area (Å²) < 4.78 is 20.0. The molecule has 5 heterocycles. The minimum atomic E-state index is -0.524. The van der Waals surface area contributed by atoms with E-state index < -0.39 is 5.82 Å². The van der Waals surface area contributed by atoms with Crippen molar-refractivity contribution in [2.45, 2.75) is 6.61 Å². The molecule has 0 radical (unpaired) electrons. The Morgan fingerprint density at radius 2 is 1.65 bits per heavy atom. The number of nitrogens with zero attached hydrogens (tertiary/aromatic N) is 4. The summed E-state index contributed by atoms with van der Waals surface area (Å²) in [6, 6.07) is 19.8. The zero-order valence-corrected chi connectivity index (χ0v) is 21.0. The van der Waals surface area contributed by atoms with Crippen molar-refractivity contribution in [2.75, 3.05) is 0 Å². The number of halogens is 1. The second kappa shape index (κ2) is 9.63. The molecule has 7 rings (SSSR count). The molecule has 0 atom stereocenters. The number of benzene rings is 2. The highest BCUT2D eigenvalue weighted by Gasteiger charge is 2.16. The van der Waals surface area contributed by atoms with E-state index in [0.29, 0.717) is 34.8 Å². The summed E-state index contributed by atoms with van der Waals surface area (Å²) in [6.45, 7) is 0.446. The number of H-pyrrole nitrogens is 2. The van der Waals surface area contributed by atoms with Crippen LogP contribution in [-0.4, -0.2) is 35.2 Å². The van der Waals surface area contributed by atoms with Crippen LogP contribution in [0.4, 0.5) is 4.39 Å². The number of nitrogens with one attached hydrogen (secondary N) is 2. The molecule has 0 saturated carbocycles. The highest BCUT2D eigenvalue weighted by atomic mass is 19.1. The molecule has 2 aromatic carbocycles. The van der Waals surface area contributed by atoms with E-state index in [4.69, 9.17) is 4.74 Å². The van der Waals surface area contributed by atoms with E-state index in [0.717, 1.165) is 44.7 Å². The Bertz CT molecular complexity index is 1980. The number of pyridine rings is 3. The van der Waals surface area contributed by atoms with Crippen LogP contribution in [0, 0.1) is 5.82 Å². The Morgan fingerprint density at radius 3 is 2.52 bits per heavy atom. The summed E-state index contributed by atoms with van der Waals surface area (Å²) in [5.74, 6) is -0.0136. The Labute approximate surface area is 227 Å². The van der Waals surface area contributed by atoms with Gasteiger partial charge in [0.15, 0.2) is 5.65 Å². The van der Waals surface area contributed by atoms with Crippen molar-refractivity contribution in [2.24, 2.45) is 0 Å². The first-order valence-corrected chi connectivity index (χ1v) is 12.5. The summed E-state index contributed by atoms with van der Waals surface area (Å²) in [5.41, 5.74) is 6.82. The topological polar surface area (TPSA) is 113 Å². The van der Waals surface area contributed by atoms with Crippen LogP contribution in [0.25, 0.3) is 55.6 Å². The Kier molecular flexibility index (Phi) is 5.67. The summed E-state index contributed by atoms with van der Waals surface area (Å²) in [6.07, 6.45) is 8.58. The van der Waals surface area contributed by atoms with Gasteiger partial charge < -0.3 is 14.8 Å². The number of fused-ring (bicyclic) bond motifs is 2. The lowest BCUT2D eigenvalue weighted by molar-refractivity contribution is 0.305. The van der Waals surface area contributed by atoms with Crippen LogP contribution in [0.3, 0.4) is 0 Å². The molecule has 0 saturated heterocycles. The number of aromatic nitrogens is 6. The largest absolute Gasteiger partial charge is 0.508 e. The molecular weight excluding hydrogens is 507 g/mol. The van der Waals surface area contributed by atoms with Crippen LogP contribution in [0.2, 0.25) is 0 Å². The average molecular weight is 529 g/mol. The third-order valence-corrected chi connectivity index (χ3v) is 6.71. The summed E-state index contributed by atoms with van der Waals surface area (Å²) in [4.78, 5) is 16.6. The average Bonchev–Trinajstić information content (AvgIpc) is 3.60. The van der Waals surface area contributed by atoms with Gasteiger partial charge in [-0.2, -0.15) is 5.10 Å². The van der Waals surface area contributed by atoms with E-state index in [2.05, 4.69) is 30.1 Å². The van der Waals surface area contributed by atoms with Gasteiger partial charge in [-0.05, 0) is 41.5 Å². The van der Waals surface area contributed by atoms with Crippen molar-refractivity contribution in [1.29, 1.82) is 0 Å². The fourth-order valence-electron chi connectivity index (χ4n) is 4.80. The third kappa shape index (κ3) is 4.39. The molecule has 0 bridgehead atoms. The molecule has 9 heteroatoms. The second-order valence-electron chi connectivity index (χ2n) is 9.41. The van der Waals surface area contributed by atoms with Gasteiger partial charge in [0.1, 0.15) is 29.6 Å². The molecular formula is C31H21FN6O2. The molecule has 194 valence electrons. The maximum atomic E-state index is 14.0. The van der Waals surface area contributed by atoms with Gasteiger partial charge in [0.25, 0.3) is 0 Å². The molecule has 0 fully saturated rings. The molecule has 8 nitrogen and oxygen atoms in total. The first-order valence-electron chi connectivity index (χ1n) is 12.5. The van der Waals surface area contributed by atoms with Crippen LogP contribution in [0.5, 0.6) is 11.5 Å². The number of ether oxygens (including phenoxy) is 1. The number of phenols is 1. The monoisotopic (exact) mass is 528 g/mol. The maximum absolute atomic E-state index is 14.0. The molecule has 0 aliphatic heterocycles. The number of phenolic OH excluding ortho intramolecular Hbond substituents is 1. The van der Waals surface area contributed by atoms with Gasteiger partial charge in [-0.1, -0.05) is 30.3 Å². The lowest BCUT2D eigenvalue weighted by atomic mass is 10.0. The predicted molar refractivity (Wildman–Crippen MR) is 150 cm³/mol. The molecule has 0 aliphatic carbocycles. The van der Waals surface area contributed by atoms with Gasteiger partial charge in [-0.15, -0.1) is 0 Å². The van der Waals surface area contributed by atoms with Gasteiger partial charge >= 0.3 is 0 Å². The zero-order chi connectivity index (χ0) is 27.1. The summed E-state index contributed by atoms with van der Waals surface area (Å²) in [5, 5.41) is 19.1. The Balaban J connectivity index is 1.25. The van der Waals surface area contributed by atoms with Gasteiger partial charge in [0.2, 0.25) is 0 Å². The van der Waals surface area contributed by atoms with Crippen molar-refractivity contribution < 1.29 is 14.2 Å². The molecule has 3 N–H and O–H groups in total. The minimum Gasteiger partial charge on any atom is -0.508 e. The highest BCUT2D eigenvalue weighted by molar-refractivity contribution is 6.00. The Morgan fingerprint density at radius 1 is 0.800 bits per heavy atom. The van der Waals surface area contributed by atoms with Crippen molar-refractivity contribution in [3.05, 3.63) is 109 Å². The molecule has 0 aliphatic rings. The second-order valence-corrected chi connectivity index (χ2v) is 9.41. The van der Waals surface area contributed by atoms with Crippen LogP contribution >= 0.6 is 0 Å². The van der Waals surface area contributed by atoms with E-state index in [1.54, 1.807) is 31.0 Å². The Hall–Kier alpha value is -5.57. The van der Waals surface area contributed by atoms with Crippen LogP contribution in [0.1, 0.15) is 5.56 Å². The SMILES string of the molecule is Oc1cc(F)cc(-c2cncc3[nH]c(-c4n[nH]c5ncc(-c6cncc(OCc7ccccc7)c6)cc45)cc23)c1. The zero-order valence-electron chi connectivity index (χ0n) is 21.0. The van der Waals surface area contributed by atoms with E-state index in [1.165, 1.54) is 12.1 Å². The van der Waals surface area contributed by atoms with Gasteiger partial charge in [0.05, 0.1) is 23.6 Å². The van der Waals surface area contributed by atoms with E-state index in [-0.39, 0.29) is 5.75 Å². The first-order chi connectivity index (χ1) is 19.6. The molecule has 0 spiro atoms.